The van der Waals surface area contributed by atoms with Crippen LogP contribution in [-0.2, 0) is 19.6 Å². The molecule has 1 aromatic rings. The van der Waals surface area contributed by atoms with Crippen molar-refractivity contribution < 1.29 is 27.9 Å². The lowest BCUT2D eigenvalue weighted by atomic mass is 10.2. The first-order chi connectivity index (χ1) is 8.76. The second kappa shape index (κ2) is 6.02. The second-order valence-corrected chi connectivity index (χ2v) is 5.98. The zero-order chi connectivity index (χ0) is 14.6. The highest BCUT2D eigenvalue weighted by molar-refractivity contribution is 9.10. The topological polar surface area (TPSA) is 110 Å². The number of rotatable bonds is 5. The van der Waals surface area contributed by atoms with Crippen molar-refractivity contribution >= 4 is 43.6 Å². The smallest absolute Gasteiger partial charge is 0.337 e. The van der Waals surface area contributed by atoms with Crippen LogP contribution < -0.4 is 4.72 Å². The molecule has 9 heteroatoms. The summed E-state index contributed by atoms with van der Waals surface area (Å²) in [5.74, 6) is -3.14. The fourth-order valence-corrected chi connectivity index (χ4v) is 2.84. The number of carboxylic acids is 1. The van der Waals surface area contributed by atoms with E-state index in [1.165, 1.54) is 18.2 Å². The molecule has 0 heterocycles. The van der Waals surface area contributed by atoms with Crippen LogP contribution in [0.25, 0.3) is 0 Å². The Morgan fingerprint density at radius 1 is 1.42 bits per heavy atom. The number of para-hydroxylation sites is 1. The molecule has 0 unspecified atom stereocenters. The largest absolute Gasteiger partial charge is 0.478 e. The summed E-state index contributed by atoms with van der Waals surface area (Å²) < 4.78 is 29.9. The molecule has 0 amide bonds. The Morgan fingerprint density at radius 3 is 2.58 bits per heavy atom. The average Bonchev–Trinajstić information content (AvgIpc) is 2.30. The first-order valence-corrected chi connectivity index (χ1v) is 7.30. The summed E-state index contributed by atoms with van der Waals surface area (Å²) in [6.07, 6.45) is 0. The van der Waals surface area contributed by atoms with E-state index in [0.717, 1.165) is 7.11 Å². The summed E-state index contributed by atoms with van der Waals surface area (Å²) in [5, 5.41) is 8.97. The van der Waals surface area contributed by atoms with Crippen LogP contribution in [0.2, 0.25) is 0 Å². The molecule has 0 saturated carbocycles. The molecule has 19 heavy (non-hydrogen) atoms. The Balaban J connectivity index is 3.12. The number of aromatic carboxylic acids is 1. The van der Waals surface area contributed by atoms with Gasteiger partial charge in [0.1, 0.15) is 0 Å². The highest BCUT2D eigenvalue weighted by Gasteiger charge is 2.21. The molecule has 104 valence electrons. The molecule has 0 spiro atoms. The van der Waals surface area contributed by atoms with Crippen molar-refractivity contribution in [3.8, 4) is 0 Å². The van der Waals surface area contributed by atoms with Crippen LogP contribution in [0.5, 0.6) is 0 Å². The predicted molar refractivity (Wildman–Crippen MR) is 70.5 cm³/mol. The SMILES string of the molecule is COC(=O)CS(=O)(=O)Nc1c(Br)cccc1C(=O)O. The number of hydrogen-bond donors (Lipinski definition) is 2. The highest BCUT2D eigenvalue weighted by Crippen LogP contribution is 2.27. The molecule has 0 aliphatic heterocycles. The molecule has 2 N–H and O–H groups in total. The number of halogens is 1. The summed E-state index contributed by atoms with van der Waals surface area (Å²) >= 11 is 3.04. The molecule has 0 saturated heterocycles. The molecule has 1 aromatic carbocycles. The lowest BCUT2D eigenvalue weighted by molar-refractivity contribution is -0.137. The molecule has 0 fully saturated rings. The monoisotopic (exact) mass is 351 g/mol. The van der Waals surface area contributed by atoms with Gasteiger partial charge >= 0.3 is 11.9 Å². The van der Waals surface area contributed by atoms with Crippen molar-refractivity contribution in [3.63, 3.8) is 0 Å². The summed E-state index contributed by atoms with van der Waals surface area (Å²) in [6.45, 7) is 0. The number of methoxy groups -OCH3 is 1. The summed E-state index contributed by atoms with van der Waals surface area (Å²) in [5.41, 5.74) is -0.373. The van der Waals surface area contributed by atoms with E-state index in [9.17, 15) is 18.0 Å². The number of ether oxygens (including phenoxy) is 1. The second-order valence-electron chi connectivity index (χ2n) is 3.40. The van der Waals surface area contributed by atoms with Crippen molar-refractivity contribution in [2.24, 2.45) is 0 Å². The summed E-state index contributed by atoms with van der Waals surface area (Å²) in [6, 6.07) is 4.16. The zero-order valence-electron chi connectivity index (χ0n) is 9.71. The Kier molecular flexibility index (Phi) is 4.90. The number of sulfonamides is 1. The minimum absolute atomic E-state index is 0.140. The zero-order valence-corrected chi connectivity index (χ0v) is 12.1. The summed E-state index contributed by atoms with van der Waals surface area (Å²) in [7, 11) is -2.99. The molecule has 0 radical (unpaired) electrons. The van der Waals surface area contributed by atoms with E-state index in [1.54, 1.807) is 0 Å². The van der Waals surface area contributed by atoms with Gasteiger partial charge in [-0.05, 0) is 28.1 Å². The van der Waals surface area contributed by atoms with Crippen LogP contribution in [-0.4, -0.2) is 38.3 Å². The van der Waals surface area contributed by atoms with Gasteiger partial charge in [0.2, 0.25) is 10.0 Å². The van der Waals surface area contributed by atoms with E-state index in [4.69, 9.17) is 5.11 Å². The number of hydrogen-bond acceptors (Lipinski definition) is 5. The summed E-state index contributed by atoms with van der Waals surface area (Å²) in [4.78, 5) is 21.9. The number of anilines is 1. The fraction of sp³-hybridized carbons (Fsp3) is 0.200. The predicted octanol–water partition coefficient (Wildman–Crippen LogP) is 1.06. The first-order valence-electron chi connectivity index (χ1n) is 4.86. The van der Waals surface area contributed by atoms with Gasteiger partial charge in [-0.15, -0.1) is 0 Å². The number of benzene rings is 1. The van der Waals surface area contributed by atoms with Crippen LogP contribution in [0.3, 0.4) is 0 Å². The van der Waals surface area contributed by atoms with E-state index in [1.807, 2.05) is 4.72 Å². The van der Waals surface area contributed by atoms with E-state index >= 15 is 0 Å². The van der Waals surface area contributed by atoms with Crippen molar-refractivity contribution in [1.29, 1.82) is 0 Å². The average molecular weight is 352 g/mol. The van der Waals surface area contributed by atoms with Crippen molar-refractivity contribution in [1.82, 2.24) is 0 Å². The van der Waals surface area contributed by atoms with Crippen LogP contribution in [0.15, 0.2) is 22.7 Å². The molecule has 0 aliphatic carbocycles. The van der Waals surface area contributed by atoms with Crippen molar-refractivity contribution in [2.75, 3.05) is 17.6 Å². The van der Waals surface area contributed by atoms with Gasteiger partial charge in [0.25, 0.3) is 0 Å². The van der Waals surface area contributed by atoms with Gasteiger partial charge in [0.05, 0.1) is 18.4 Å². The Morgan fingerprint density at radius 2 is 2.05 bits per heavy atom. The number of carbonyl (C=O) groups excluding carboxylic acids is 1. The van der Waals surface area contributed by atoms with Crippen LogP contribution in [0.4, 0.5) is 5.69 Å². The van der Waals surface area contributed by atoms with Crippen LogP contribution >= 0.6 is 15.9 Å². The van der Waals surface area contributed by atoms with Crippen LogP contribution in [0, 0.1) is 0 Å². The lowest BCUT2D eigenvalue weighted by Crippen LogP contribution is -2.24. The molecule has 0 aliphatic rings. The normalized spacial score (nSPS) is 10.8. The lowest BCUT2D eigenvalue weighted by Gasteiger charge is -2.11. The highest BCUT2D eigenvalue weighted by atomic mass is 79.9. The number of carbonyl (C=O) groups is 2. The van der Waals surface area contributed by atoms with E-state index in [0.29, 0.717) is 0 Å². The van der Waals surface area contributed by atoms with Gasteiger partial charge in [-0.1, -0.05) is 6.07 Å². The number of carboxylic acid groups (broad SMARTS) is 1. The maximum atomic E-state index is 11.7. The minimum atomic E-state index is -4.04. The molecule has 1 rings (SSSR count). The third-order valence-electron chi connectivity index (χ3n) is 2.04. The third-order valence-corrected chi connectivity index (χ3v) is 3.83. The van der Waals surface area contributed by atoms with Gasteiger partial charge in [0.15, 0.2) is 5.75 Å². The van der Waals surface area contributed by atoms with Crippen molar-refractivity contribution in [2.45, 2.75) is 0 Å². The van der Waals surface area contributed by atoms with Gasteiger partial charge in [0, 0.05) is 4.47 Å². The first kappa shape index (κ1) is 15.4. The maximum Gasteiger partial charge on any atom is 0.337 e. The minimum Gasteiger partial charge on any atom is -0.478 e. The van der Waals surface area contributed by atoms with Crippen LogP contribution in [0.1, 0.15) is 10.4 Å². The Bertz CT molecular complexity index is 612. The fourth-order valence-electron chi connectivity index (χ4n) is 1.21. The molecule has 0 bridgehead atoms. The molecular weight excluding hydrogens is 342 g/mol. The van der Waals surface area contributed by atoms with E-state index in [2.05, 4.69) is 20.7 Å². The molecule has 0 aromatic heterocycles. The van der Waals surface area contributed by atoms with E-state index in [-0.39, 0.29) is 15.7 Å². The maximum absolute atomic E-state index is 11.7. The third kappa shape index (κ3) is 4.21. The molecular formula is C10H10BrNO6S. The van der Waals surface area contributed by atoms with Crippen molar-refractivity contribution in [3.05, 3.63) is 28.2 Å². The molecule has 0 atom stereocenters. The van der Waals surface area contributed by atoms with Gasteiger partial charge < -0.3 is 9.84 Å². The molecule has 7 nitrogen and oxygen atoms in total. The van der Waals surface area contributed by atoms with E-state index < -0.39 is 27.7 Å². The Hall–Kier alpha value is -1.61. The standard InChI is InChI=1S/C10H10BrNO6S/c1-18-8(13)5-19(16,17)12-9-6(10(14)15)3-2-4-7(9)11/h2-4,12H,5H2,1H3,(H,14,15). The number of esters is 1. The quantitative estimate of drug-likeness (QED) is 0.767. The Labute approximate surface area is 117 Å². The number of nitrogens with one attached hydrogen (secondary N) is 1. The van der Waals surface area contributed by atoms with Gasteiger partial charge in [-0.2, -0.15) is 0 Å². The van der Waals surface area contributed by atoms with Gasteiger partial charge in [-0.3, -0.25) is 9.52 Å². The van der Waals surface area contributed by atoms with Gasteiger partial charge in [-0.25, -0.2) is 13.2 Å².